The lowest BCUT2D eigenvalue weighted by atomic mass is 9.97. The molecule has 10 nitrogen and oxygen atoms in total. The molecule has 0 amide bonds. The number of nitro groups is 1. The first-order valence-electron chi connectivity index (χ1n) is 7.84. The van der Waals surface area contributed by atoms with E-state index in [9.17, 15) is 14.9 Å². The average molecular weight is 349 g/mol. The summed E-state index contributed by atoms with van der Waals surface area (Å²) in [6.45, 7) is 4.00. The summed E-state index contributed by atoms with van der Waals surface area (Å²) in [5.74, 6) is -0.489. The fourth-order valence-electron chi connectivity index (χ4n) is 3.08. The fourth-order valence-corrected chi connectivity index (χ4v) is 3.08. The SMILES string of the molecule is COC(=O)C1(C)N=NN(c2ccc([N+](=O)[O-])cc2)C1N1CCOCC1. The van der Waals surface area contributed by atoms with Gasteiger partial charge in [-0.3, -0.25) is 15.0 Å². The van der Waals surface area contributed by atoms with Gasteiger partial charge in [0.25, 0.3) is 5.69 Å². The molecule has 134 valence electrons. The number of carbonyl (C=O) groups is 1. The highest BCUT2D eigenvalue weighted by molar-refractivity contribution is 5.83. The van der Waals surface area contributed by atoms with Gasteiger partial charge in [0.1, 0.15) is 6.17 Å². The zero-order valence-corrected chi connectivity index (χ0v) is 14.0. The average Bonchev–Trinajstić information content (AvgIpc) is 3.00. The number of hydrogen-bond donors (Lipinski definition) is 0. The van der Waals surface area contributed by atoms with E-state index < -0.39 is 22.6 Å². The molecule has 2 unspecified atom stereocenters. The van der Waals surface area contributed by atoms with Crippen LogP contribution in [0.15, 0.2) is 34.6 Å². The van der Waals surface area contributed by atoms with E-state index in [1.807, 2.05) is 0 Å². The molecule has 1 fully saturated rings. The van der Waals surface area contributed by atoms with Crippen molar-refractivity contribution < 1.29 is 19.2 Å². The Kier molecular flexibility index (Phi) is 4.64. The van der Waals surface area contributed by atoms with Crippen LogP contribution in [0.2, 0.25) is 0 Å². The maximum absolute atomic E-state index is 12.4. The van der Waals surface area contributed by atoms with Crippen LogP contribution in [0.4, 0.5) is 11.4 Å². The van der Waals surface area contributed by atoms with E-state index >= 15 is 0 Å². The standard InChI is InChI=1S/C15H19N5O5/c1-15(14(21)24-2)13(18-7-9-25-10-8-18)19(17-16-15)11-3-5-12(6-4-11)20(22)23/h3-6,13H,7-10H2,1-2H3. The maximum atomic E-state index is 12.4. The molecule has 0 saturated carbocycles. The van der Waals surface area contributed by atoms with Gasteiger partial charge in [0, 0.05) is 25.2 Å². The highest BCUT2D eigenvalue weighted by atomic mass is 16.6. The summed E-state index contributed by atoms with van der Waals surface area (Å²) in [6.07, 6.45) is -0.495. The van der Waals surface area contributed by atoms with E-state index in [2.05, 4.69) is 15.2 Å². The molecule has 0 N–H and O–H groups in total. The summed E-state index contributed by atoms with van der Waals surface area (Å²) in [7, 11) is 1.31. The second-order valence-corrected chi connectivity index (χ2v) is 5.97. The van der Waals surface area contributed by atoms with Crippen molar-refractivity contribution in [1.29, 1.82) is 0 Å². The van der Waals surface area contributed by atoms with E-state index in [-0.39, 0.29) is 5.69 Å². The van der Waals surface area contributed by atoms with Crippen LogP contribution in [0, 0.1) is 10.1 Å². The summed E-state index contributed by atoms with van der Waals surface area (Å²) in [5, 5.41) is 20.8. The van der Waals surface area contributed by atoms with E-state index in [1.165, 1.54) is 19.2 Å². The van der Waals surface area contributed by atoms with Gasteiger partial charge in [0.15, 0.2) is 0 Å². The van der Waals surface area contributed by atoms with Crippen molar-refractivity contribution in [3.8, 4) is 0 Å². The molecule has 0 radical (unpaired) electrons. The lowest BCUT2D eigenvalue weighted by Crippen LogP contribution is -2.61. The van der Waals surface area contributed by atoms with E-state index in [1.54, 1.807) is 24.1 Å². The van der Waals surface area contributed by atoms with Crippen molar-refractivity contribution in [2.45, 2.75) is 18.6 Å². The first kappa shape index (κ1) is 17.2. The van der Waals surface area contributed by atoms with E-state index in [0.29, 0.717) is 32.0 Å². The second kappa shape index (κ2) is 6.73. The third-order valence-electron chi connectivity index (χ3n) is 4.40. The summed E-state index contributed by atoms with van der Waals surface area (Å²) in [6, 6.07) is 5.98. The molecule has 0 bridgehead atoms. The molecule has 0 aliphatic carbocycles. The quantitative estimate of drug-likeness (QED) is 0.459. The lowest BCUT2D eigenvalue weighted by Gasteiger charge is -2.40. The third-order valence-corrected chi connectivity index (χ3v) is 4.40. The van der Waals surface area contributed by atoms with Crippen LogP contribution in [0.3, 0.4) is 0 Å². The number of benzene rings is 1. The van der Waals surface area contributed by atoms with Crippen LogP contribution in [-0.2, 0) is 14.3 Å². The smallest absolute Gasteiger partial charge is 0.339 e. The van der Waals surface area contributed by atoms with Crippen molar-refractivity contribution in [2.24, 2.45) is 10.3 Å². The number of nitrogens with zero attached hydrogens (tertiary/aromatic N) is 5. The topological polar surface area (TPSA) is 110 Å². The number of hydrogen-bond acceptors (Lipinski definition) is 9. The van der Waals surface area contributed by atoms with Gasteiger partial charge in [0.2, 0.25) is 5.54 Å². The van der Waals surface area contributed by atoms with Gasteiger partial charge in [-0.15, -0.1) is 5.11 Å². The number of esters is 1. The van der Waals surface area contributed by atoms with Gasteiger partial charge in [0.05, 0.1) is 30.9 Å². The fraction of sp³-hybridized carbons (Fsp3) is 0.533. The highest BCUT2D eigenvalue weighted by Gasteiger charge is 2.54. The Morgan fingerprint density at radius 3 is 2.56 bits per heavy atom. The Balaban J connectivity index is 1.95. The summed E-state index contributed by atoms with van der Waals surface area (Å²) < 4.78 is 10.3. The van der Waals surface area contributed by atoms with Crippen LogP contribution in [0.1, 0.15) is 6.92 Å². The number of morpholine rings is 1. The number of ether oxygens (including phenoxy) is 2. The highest BCUT2D eigenvalue weighted by Crippen LogP contribution is 2.36. The van der Waals surface area contributed by atoms with Gasteiger partial charge < -0.3 is 9.47 Å². The van der Waals surface area contributed by atoms with Gasteiger partial charge in [-0.05, 0) is 19.1 Å². The molecule has 0 aromatic heterocycles. The zero-order chi connectivity index (χ0) is 18.0. The summed E-state index contributed by atoms with van der Waals surface area (Å²) in [4.78, 5) is 24.8. The first-order valence-corrected chi connectivity index (χ1v) is 7.84. The van der Waals surface area contributed by atoms with Crippen molar-refractivity contribution in [3.05, 3.63) is 34.4 Å². The van der Waals surface area contributed by atoms with Crippen LogP contribution in [0.25, 0.3) is 0 Å². The third kappa shape index (κ3) is 3.05. The molecule has 2 atom stereocenters. The zero-order valence-electron chi connectivity index (χ0n) is 14.0. The molecule has 2 aliphatic rings. The molecule has 3 rings (SSSR count). The molecule has 25 heavy (non-hydrogen) atoms. The normalized spacial score (nSPS) is 26.6. The number of nitro benzene ring substituents is 1. The molecular formula is C15H19N5O5. The van der Waals surface area contributed by atoms with Crippen LogP contribution >= 0.6 is 0 Å². The molecule has 2 heterocycles. The molecule has 0 spiro atoms. The minimum atomic E-state index is -1.20. The Morgan fingerprint density at radius 1 is 1.36 bits per heavy atom. The monoisotopic (exact) mass is 349 g/mol. The van der Waals surface area contributed by atoms with Gasteiger partial charge in [-0.25, -0.2) is 9.80 Å². The predicted octanol–water partition coefficient (Wildman–Crippen LogP) is 1.37. The predicted molar refractivity (Wildman–Crippen MR) is 87.0 cm³/mol. The van der Waals surface area contributed by atoms with E-state index in [4.69, 9.17) is 9.47 Å². The number of carbonyl (C=O) groups excluding carboxylic acids is 1. The van der Waals surface area contributed by atoms with Gasteiger partial charge in [-0.1, -0.05) is 5.22 Å². The van der Waals surface area contributed by atoms with Crippen molar-refractivity contribution in [3.63, 3.8) is 0 Å². The maximum Gasteiger partial charge on any atom is 0.339 e. The molecule has 10 heteroatoms. The molecule has 1 aromatic rings. The number of non-ortho nitro benzene ring substituents is 1. The van der Waals surface area contributed by atoms with Crippen molar-refractivity contribution in [1.82, 2.24) is 4.90 Å². The van der Waals surface area contributed by atoms with Crippen LogP contribution in [0.5, 0.6) is 0 Å². The molecule has 2 aliphatic heterocycles. The van der Waals surface area contributed by atoms with Crippen molar-refractivity contribution >= 4 is 17.3 Å². The van der Waals surface area contributed by atoms with Gasteiger partial charge in [-0.2, -0.15) is 0 Å². The Bertz CT molecular complexity index is 688. The number of rotatable bonds is 4. The van der Waals surface area contributed by atoms with E-state index in [0.717, 1.165) is 0 Å². The Morgan fingerprint density at radius 2 is 2.00 bits per heavy atom. The molecule has 1 saturated heterocycles. The minimum Gasteiger partial charge on any atom is -0.467 e. The largest absolute Gasteiger partial charge is 0.467 e. The number of anilines is 1. The van der Waals surface area contributed by atoms with Crippen molar-refractivity contribution in [2.75, 3.05) is 38.4 Å². The second-order valence-electron chi connectivity index (χ2n) is 5.97. The molecule has 1 aromatic carbocycles. The summed E-state index contributed by atoms with van der Waals surface area (Å²) in [5.41, 5.74) is -0.606. The minimum absolute atomic E-state index is 0.0152. The Labute approximate surface area is 144 Å². The first-order chi connectivity index (χ1) is 12.0. The van der Waals surface area contributed by atoms with Crippen LogP contribution in [-0.4, -0.2) is 60.9 Å². The Hall–Kier alpha value is -2.59. The lowest BCUT2D eigenvalue weighted by molar-refractivity contribution is -0.384. The summed E-state index contributed by atoms with van der Waals surface area (Å²) >= 11 is 0. The number of methoxy groups -OCH3 is 1. The van der Waals surface area contributed by atoms with Gasteiger partial charge >= 0.3 is 5.97 Å². The molecular weight excluding hydrogens is 330 g/mol. The van der Waals surface area contributed by atoms with Crippen LogP contribution < -0.4 is 5.01 Å².